The lowest BCUT2D eigenvalue weighted by Gasteiger charge is -2.12. The van der Waals surface area contributed by atoms with E-state index in [9.17, 15) is 4.79 Å². The van der Waals surface area contributed by atoms with E-state index in [0.29, 0.717) is 24.5 Å². The van der Waals surface area contributed by atoms with Gasteiger partial charge in [-0.15, -0.1) is 0 Å². The molecule has 0 aliphatic rings. The molecule has 0 radical (unpaired) electrons. The van der Waals surface area contributed by atoms with Crippen LogP contribution in [0.2, 0.25) is 0 Å². The number of benzene rings is 3. The Bertz CT molecular complexity index is 991. The third-order valence-electron chi connectivity index (χ3n) is 4.45. The van der Waals surface area contributed by atoms with Gasteiger partial charge >= 0.3 is 0 Å². The molecule has 0 saturated carbocycles. The third-order valence-corrected chi connectivity index (χ3v) is 4.65. The summed E-state index contributed by atoms with van der Waals surface area (Å²) in [6.07, 6.45) is 2.03. The molecular weight excluding hydrogens is 408 g/mol. The van der Waals surface area contributed by atoms with Gasteiger partial charge in [0.05, 0.1) is 6.61 Å². The molecule has 5 nitrogen and oxygen atoms in total. The van der Waals surface area contributed by atoms with Crippen molar-refractivity contribution < 1.29 is 14.3 Å². The van der Waals surface area contributed by atoms with Crippen LogP contribution in [0.5, 0.6) is 11.5 Å². The van der Waals surface area contributed by atoms with Gasteiger partial charge in [-0.2, -0.15) is 0 Å². The van der Waals surface area contributed by atoms with Gasteiger partial charge in [-0.1, -0.05) is 49.7 Å². The molecule has 160 valence electrons. The van der Waals surface area contributed by atoms with Gasteiger partial charge in [0.1, 0.15) is 18.1 Å². The number of unbranched alkanes of at least 4 members (excludes halogenated alkanes) is 1. The summed E-state index contributed by atoms with van der Waals surface area (Å²) in [6.45, 7) is 3.24. The molecule has 2 N–H and O–H groups in total. The van der Waals surface area contributed by atoms with E-state index in [4.69, 9.17) is 21.7 Å². The molecule has 0 aliphatic heterocycles. The zero-order valence-electron chi connectivity index (χ0n) is 17.5. The minimum Gasteiger partial charge on any atom is -0.494 e. The van der Waals surface area contributed by atoms with Gasteiger partial charge in [0.2, 0.25) is 0 Å². The van der Waals surface area contributed by atoms with Crippen molar-refractivity contribution in [3.05, 3.63) is 90.0 Å². The standard InChI is InChI=1S/C25H26N2O3S/c1-2-3-16-29-23-11-7-10-20(17-23)24(28)27-25(31)26-21-12-14-22(15-13-21)30-18-19-8-5-4-6-9-19/h4-15,17H,2-3,16,18H2,1H3,(H2,26,27,28,31). The van der Waals surface area contributed by atoms with Gasteiger partial charge in [0.25, 0.3) is 5.91 Å². The predicted molar refractivity (Wildman–Crippen MR) is 128 cm³/mol. The lowest BCUT2D eigenvalue weighted by atomic mass is 10.2. The number of amides is 1. The lowest BCUT2D eigenvalue weighted by Crippen LogP contribution is -2.34. The number of carbonyl (C=O) groups is 1. The van der Waals surface area contributed by atoms with Crippen LogP contribution < -0.4 is 20.1 Å². The van der Waals surface area contributed by atoms with Crippen LogP contribution in [0.25, 0.3) is 0 Å². The Morgan fingerprint density at radius 1 is 0.903 bits per heavy atom. The highest BCUT2D eigenvalue weighted by Crippen LogP contribution is 2.17. The van der Waals surface area contributed by atoms with Crippen LogP contribution in [0.3, 0.4) is 0 Å². The Morgan fingerprint density at radius 3 is 2.42 bits per heavy atom. The number of ether oxygens (including phenoxy) is 2. The van der Waals surface area contributed by atoms with E-state index in [0.717, 1.165) is 29.8 Å². The molecule has 0 saturated heterocycles. The Morgan fingerprint density at radius 2 is 1.68 bits per heavy atom. The summed E-state index contributed by atoms with van der Waals surface area (Å²) in [5, 5.41) is 5.93. The van der Waals surface area contributed by atoms with Gasteiger partial charge in [0.15, 0.2) is 5.11 Å². The zero-order valence-corrected chi connectivity index (χ0v) is 18.3. The average Bonchev–Trinajstić information content (AvgIpc) is 2.79. The van der Waals surface area contributed by atoms with E-state index in [1.54, 1.807) is 18.2 Å². The molecule has 3 rings (SSSR count). The summed E-state index contributed by atoms with van der Waals surface area (Å²) in [7, 11) is 0. The van der Waals surface area contributed by atoms with Crippen LogP contribution in [-0.2, 0) is 6.61 Å². The fourth-order valence-corrected chi connectivity index (χ4v) is 2.99. The molecule has 0 aromatic heterocycles. The van der Waals surface area contributed by atoms with E-state index in [1.807, 2.05) is 60.7 Å². The smallest absolute Gasteiger partial charge is 0.257 e. The summed E-state index contributed by atoms with van der Waals surface area (Å²) in [6, 6.07) is 24.5. The predicted octanol–water partition coefficient (Wildman–Crippen LogP) is 5.57. The lowest BCUT2D eigenvalue weighted by molar-refractivity contribution is 0.0977. The molecule has 3 aromatic carbocycles. The number of anilines is 1. The Labute approximate surface area is 188 Å². The second-order valence-corrected chi connectivity index (χ2v) is 7.34. The number of hydrogen-bond acceptors (Lipinski definition) is 4. The summed E-state index contributed by atoms with van der Waals surface area (Å²) in [5.41, 5.74) is 2.35. The maximum absolute atomic E-state index is 12.5. The fourth-order valence-electron chi connectivity index (χ4n) is 2.77. The third kappa shape index (κ3) is 7.42. The van der Waals surface area contributed by atoms with Crippen molar-refractivity contribution in [3.63, 3.8) is 0 Å². The summed E-state index contributed by atoms with van der Waals surface area (Å²) < 4.78 is 11.4. The van der Waals surface area contributed by atoms with Crippen molar-refractivity contribution in [1.29, 1.82) is 0 Å². The normalized spacial score (nSPS) is 10.2. The van der Waals surface area contributed by atoms with E-state index < -0.39 is 0 Å². The van der Waals surface area contributed by atoms with Gasteiger partial charge < -0.3 is 14.8 Å². The molecule has 3 aromatic rings. The van der Waals surface area contributed by atoms with E-state index in [2.05, 4.69) is 17.6 Å². The minimum absolute atomic E-state index is 0.222. The van der Waals surface area contributed by atoms with Crippen LogP contribution in [-0.4, -0.2) is 17.6 Å². The van der Waals surface area contributed by atoms with Gasteiger partial charge in [-0.05, 0) is 66.7 Å². The highest BCUT2D eigenvalue weighted by Gasteiger charge is 2.09. The van der Waals surface area contributed by atoms with Crippen molar-refractivity contribution in [3.8, 4) is 11.5 Å². The molecule has 31 heavy (non-hydrogen) atoms. The molecule has 0 spiro atoms. The maximum atomic E-state index is 12.5. The average molecular weight is 435 g/mol. The number of rotatable bonds is 9. The number of thiocarbonyl (C=S) groups is 1. The van der Waals surface area contributed by atoms with Crippen LogP contribution >= 0.6 is 12.2 Å². The van der Waals surface area contributed by atoms with Crippen LogP contribution in [0.1, 0.15) is 35.7 Å². The molecule has 0 atom stereocenters. The van der Waals surface area contributed by atoms with Crippen molar-refractivity contribution >= 4 is 28.9 Å². The van der Waals surface area contributed by atoms with E-state index in [-0.39, 0.29) is 11.0 Å². The first-order valence-corrected chi connectivity index (χ1v) is 10.7. The summed E-state index contributed by atoms with van der Waals surface area (Å²) in [4.78, 5) is 12.5. The van der Waals surface area contributed by atoms with Crippen molar-refractivity contribution in [2.24, 2.45) is 0 Å². The van der Waals surface area contributed by atoms with Crippen LogP contribution in [0, 0.1) is 0 Å². The summed E-state index contributed by atoms with van der Waals surface area (Å²) in [5.74, 6) is 1.14. The van der Waals surface area contributed by atoms with Crippen LogP contribution in [0.4, 0.5) is 5.69 Å². The second kappa shape index (κ2) is 11.7. The fraction of sp³-hybridized carbons (Fsp3) is 0.200. The van der Waals surface area contributed by atoms with E-state index in [1.165, 1.54) is 0 Å². The van der Waals surface area contributed by atoms with E-state index >= 15 is 0 Å². The number of hydrogen-bond donors (Lipinski definition) is 2. The Balaban J connectivity index is 1.48. The zero-order chi connectivity index (χ0) is 21.9. The summed E-state index contributed by atoms with van der Waals surface area (Å²) >= 11 is 5.27. The topological polar surface area (TPSA) is 59.6 Å². The highest BCUT2D eigenvalue weighted by molar-refractivity contribution is 7.80. The molecule has 0 fully saturated rings. The molecule has 0 bridgehead atoms. The number of carbonyl (C=O) groups excluding carboxylic acids is 1. The SMILES string of the molecule is CCCCOc1cccc(C(=O)NC(=S)Nc2ccc(OCc3ccccc3)cc2)c1. The molecular formula is C25H26N2O3S. The molecule has 0 heterocycles. The van der Waals surface area contributed by atoms with Crippen LogP contribution in [0.15, 0.2) is 78.9 Å². The molecule has 6 heteroatoms. The maximum Gasteiger partial charge on any atom is 0.257 e. The Kier molecular flexibility index (Phi) is 8.43. The quantitative estimate of drug-likeness (QED) is 0.340. The van der Waals surface area contributed by atoms with Crippen molar-refractivity contribution in [2.75, 3.05) is 11.9 Å². The first-order valence-electron chi connectivity index (χ1n) is 10.3. The van der Waals surface area contributed by atoms with Crippen molar-refractivity contribution in [2.45, 2.75) is 26.4 Å². The molecule has 0 aliphatic carbocycles. The van der Waals surface area contributed by atoms with Gasteiger partial charge in [-0.25, -0.2) is 0 Å². The first kappa shape index (κ1) is 22.3. The van der Waals surface area contributed by atoms with Crippen molar-refractivity contribution in [1.82, 2.24) is 5.32 Å². The Hall–Kier alpha value is -3.38. The second-order valence-electron chi connectivity index (χ2n) is 6.94. The number of nitrogens with one attached hydrogen (secondary N) is 2. The largest absolute Gasteiger partial charge is 0.494 e. The first-order chi connectivity index (χ1) is 15.1. The monoisotopic (exact) mass is 434 g/mol. The molecule has 0 unspecified atom stereocenters. The van der Waals surface area contributed by atoms with Gasteiger partial charge in [0, 0.05) is 11.3 Å². The minimum atomic E-state index is -0.291. The molecule has 1 amide bonds. The highest BCUT2D eigenvalue weighted by atomic mass is 32.1. The van der Waals surface area contributed by atoms with Gasteiger partial charge in [-0.3, -0.25) is 10.1 Å².